The number of hydrogen-bond acceptors (Lipinski definition) is 2. The van der Waals surface area contributed by atoms with Crippen LogP contribution in [0.3, 0.4) is 0 Å². The molecule has 0 amide bonds. The van der Waals surface area contributed by atoms with E-state index in [-0.39, 0.29) is 10.8 Å². The molecular formula is C15H13ClFNO2S. The average molecular weight is 326 g/mol. The molecule has 3 nitrogen and oxygen atoms in total. The Morgan fingerprint density at radius 1 is 1.19 bits per heavy atom. The molecule has 0 radical (unpaired) electrons. The lowest BCUT2D eigenvalue weighted by Crippen LogP contribution is -2.29. The molecule has 110 valence electrons. The Kier molecular flexibility index (Phi) is 3.63. The van der Waals surface area contributed by atoms with Crippen LogP contribution >= 0.6 is 11.6 Å². The van der Waals surface area contributed by atoms with Gasteiger partial charge in [0.25, 0.3) is 10.0 Å². The van der Waals surface area contributed by atoms with E-state index in [4.69, 9.17) is 11.6 Å². The molecule has 0 saturated carbocycles. The van der Waals surface area contributed by atoms with Crippen LogP contribution in [-0.4, -0.2) is 15.0 Å². The zero-order chi connectivity index (χ0) is 15.0. The van der Waals surface area contributed by atoms with Gasteiger partial charge in [0, 0.05) is 12.4 Å². The third-order valence-corrected chi connectivity index (χ3v) is 5.79. The molecule has 0 fully saturated rings. The molecule has 0 spiro atoms. The summed E-state index contributed by atoms with van der Waals surface area (Å²) in [4.78, 5) is 0.178. The lowest BCUT2D eigenvalue weighted by atomic mass is 10.2. The number of anilines is 1. The molecule has 0 bridgehead atoms. The maximum absolute atomic E-state index is 13.4. The van der Waals surface area contributed by atoms with Crippen molar-refractivity contribution < 1.29 is 12.8 Å². The van der Waals surface area contributed by atoms with Crippen LogP contribution in [0.5, 0.6) is 0 Å². The minimum atomic E-state index is -3.73. The van der Waals surface area contributed by atoms with Crippen molar-refractivity contribution in [3.05, 3.63) is 59.4 Å². The molecule has 3 rings (SSSR count). The number of alkyl halides is 1. The van der Waals surface area contributed by atoms with E-state index in [1.807, 2.05) is 0 Å². The fourth-order valence-corrected chi connectivity index (χ4v) is 4.59. The van der Waals surface area contributed by atoms with Gasteiger partial charge in [0.1, 0.15) is 5.82 Å². The van der Waals surface area contributed by atoms with Gasteiger partial charge in [-0.3, -0.25) is 4.31 Å². The van der Waals surface area contributed by atoms with Crippen LogP contribution in [0.15, 0.2) is 47.4 Å². The van der Waals surface area contributed by atoms with E-state index in [9.17, 15) is 12.8 Å². The van der Waals surface area contributed by atoms with Crippen LogP contribution in [0.4, 0.5) is 10.1 Å². The summed E-state index contributed by atoms with van der Waals surface area (Å²) in [5.41, 5.74) is 1.80. The molecule has 1 heterocycles. The van der Waals surface area contributed by atoms with Crippen molar-refractivity contribution in [3.8, 4) is 0 Å². The predicted octanol–water partition coefficient (Wildman–Crippen LogP) is 3.32. The highest BCUT2D eigenvalue weighted by Crippen LogP contribution is 2.34. The van der Waals surface area contributed by atoms with Gasteiger partial charge in [-0.1, -0.05) is 24.3 Å². The highest BCUT2D eigenvalue weighted by atomic mass is 35.5. The molecule has 21 heavy (non-hydrogen) atoms. The summed E-state index contributed by atoms with van der Waals surface area (Å²) in [6.07, 6.45) is 0.581. The Balaban J connectivity index is 2.11. The van der Waals surface area contributed by atoms with Crippen LogP contribution in [0.25, 0.3) is 0 Å². The Morgan fingerprint density at radius 2 is 1.95 bits per heavy atom. The van der Waals surface area contributed by atoms with Gasteiger partial charge >= 0.3 is 0 Å². The van der Waals surface area contributed by atoms with Gasteiger partial charge in [-0.2, -0.15) is 0 Å². The SMILES string of the molecule is O=S(=O)(c1ccccc1CCl)N1CCc2ccc(F)cc21. The summed E-state index contributed by atoms with van der Waals surface area (Å²) in [6, 6.07) is 10.9. The summed E-state index contributed by atoms with van der Waals surface area (Å²) >= 11 is 5.83. The molecule has 0 unspecified atom stereocenters. The molecular weight excluding hydrogens is 313 g/mol. The predicted molar refractivity (Wildman–Crippen MR) is 80.6 cm³/mol. The minimum absolute atomic E-state index is 0.110. The highest BCUT2D eigenvalue weighted by molar-refractivity contribution is 7.93. The summed E-state index contributed by atoms with van der Waals surface area (Å²) < 4.78 is 40.4. The molecule has 0 aromatic heterocycles. The largest absolute Gasteiger partial charge is 0.266 e. The zero-order valence-corrected chi connectivity index (χ0v) is 12.7. The molecule has 0 N–H and O–H groups in total. The average Bonchev–Trinajstić information content (AvgIpc) is 2.90. The lowest BCUT2D eigenvalue weighted by Gasteiger charge is -2.21. The van der Waals surface area contributed by atoms with Crippen LogP contribution in [0.1, 0.15) is 11.1 Å². The Hall–Kier alpha value is -1.59. The third kappa shape index (κ3) is 2.40. The smallest absolute Gasteiger partial charge is 0.264 e. The Morgan fingerprint density at radius 3 is 2.71 bits per heavy atom. The monoisotopic (exact) mass is 325 g/mol. The van der Waals surface area contributed by atoms with Gasteiger partial charge < -0.3 is 0 Å². The van der Waals surface area contributed by atoms with E-state index in [0.29, 0.717) is 24.2 Å². The summed E-state index contributed by atoms with van der Waals surface area (Å²) in [7, 11) is -3.73. The lowest BCUT2D eigenvalue weighted by molar-refractivity contribution is 0.591. The van der Waals surface area contributed by atoms with Gasteiger partial charge in [-0.05, 0) is 35.7 Å². The first-order valence-corrected chi connectivity index (χ1v) is 8.46. The second-order valence-corrected chi connectivity index (χ2v) is 6.94. The molecule has 0 aliphatic carbocycles. The van der Waals surface area contributed by atoms with Crippen molar-refractivity contribution in [1.82, 2.24) is 0 Å². The van der Waals surface area contributed by atoms with Crippen LogP contribution in [0.2, 0.25) is 0 Å². The van der Waals surface area contributed by atoms with Crippen LogP contribution in [0, 0.1) is 5.82 Å². The van der Waals surface area contributed by atoms with Gasteiger partial charge in [-0.25, -0.2) is 12.8 Å². The fraction of sp³-hybridized carbons (Fsp3) is 0.200. The Bertz CT molecular complexity index is 792. The number of hydrogen-bond donors (Lipinski definition) is 0. The van der Waals surface area contributed by atoms with E-state index in [0.717, 1.165) is 5.56 Å². The maximum Gasteiger partial charge on any atom is 0.264 e. The molecule has 2 aromatic carbocycles. The van der Waals surface area contributed by atoms with Crippen LogP contribution in [-0.2, 0) is 22.3 Å². The van der Waals surface area contributed by atoms with Crippen molar-refractivity contribution >= 4 is 27.3 Å². The zero-order valence-electron chi connectivity index (χ0n) is 11.1. The molecule has 0 atom stereocenters. The Labute approximate surface area is 128 Å². The summed E-state index contributed by atoms with van der Waals surface area (Å²) in [5, 5.41) is 0. The van der Waals surface area contributed by atoms with Gasteiger partial charge in [-0.15, -0.1) is 11.6 Å². The van der Waals surface area contributed by atoms with Crippen molar-refractivity contribution in [2.75, 3.05) is 10.8 Å². The number of sulfonamides is 1. The van der Waals surface area contributed by atoms with Crippen molar-refractivity contribution in [1.29, 1.82) is 0 Å². The number of nitrogens with zero attached hydrogens (tertiary/aromatic N) is 1. The summed E-state index contributed by atoms with van der Waals surface area (Å²) in [6.45, 7) is 0.317. The molecule has 1 aliphatic rings. The van der Waals surface area contributed by atoms with Crippen LogP contribution < -0.4 is 4.31 Å². The second-order valence-electron chi connectivity index (χ2n) is 4.84. The van der Waals surface area contributed by atoms with Gasteiger partial charge in [0.05, 0.1) is 10.6 Å². The first-order valence-electron chi connectivity index (χ1n) is 6.49. The molecule has 2 aromatic rings. The number of benzene rings is 2. The molecule has 6 heteroatoms. The second kappa shape index (κ2) is 5.31. The highest BCUT2D eigenvalue weighted by Gasteiger charge is 2.32. The molecule has 0 saturated heterocycles. The minimum Gasteiger partial charge on any atom is -0.266 e. The normalized spacial score (nSPS) is 14.3. The van der Waals surface area contributed by atoms with Gasteiger partial charge in [0.15, 0.2) is 0 Å². The fourth-order valence-electron chi connectivity index (χ4n) is 2.56. The van der Waals surface area contributed by atoms with E-state index < -0.39 is 15.8 Å². The topological polar surface area (TPSA) is 37.4 Å². The standard InChI is InChI=1S/C15H13ClFNO2S/c16-10-12-3-1-2-4-15(12)21(19,20)18-8-7-11-5-6-13(17)9-14(11)18/h1-6,9H,7-8,10H2. The van der Waals surface area contributed by atoms with Crippen molar-refractivity contribution in [3.63, 3.8) is 0 Å². The van der Waals surface area contributed by atoms with Gasteiger partial charge in [0.2, 0.25) is 0 Å². The van der Waals surface area contributed by atoms with E-state index in [1.165, 1.54) is 22.5 Å². The maximum atomic E-state index is 13.4. The first kappa shape index (κ1) is 14.4. The van der Waals surface area contributed by atoms with Crippen molar-refractivity contribution in [2.45, 2.75) is 17.2 Å². The van der Waals surface area contributed by atoms with E-state index >= 15 is 0 Å². The number of fused-ring (bicyclic) bond motifs is 1. The van der Waals surface area contributed by atoms with E-state index in [1.54, 1.807) is 24.3 Å². The number of halogens is 2. The van der Waals surface area contributed by atoms with Crippen molar-refractivity contribution in [2.24, 2.45) is 0 Å². The first-order chi connectivity index (χ1) is 10.0. The quantitative estimate of drug-likeness (QED) is 0.812. The van der Waals surface area contributed by atoms with E-state index in [2.05, 4.69) is 0 Å². The third-order valence-electron chi connectivity index (χ3n) is 3.58. The summed E-state index contributed by atoms with van der Waals surface area (Å²) in [5.74, 6) is -0.333. The number of rotatable bonds is 3. The molecule has 1 aliphatic heterocycles.